The number of fused-ring (bicyclic) bond motifs is 1. The highest BCUT2D eigenvalue weighted by atomic mass is 16.3. The van der Waals surface area contributed by atoms with Crippen molar-refractivity contribution in [3.63, 3.8) is 0 Å². The van der Waals surface area contributed by atoms with Crippen LogP contribution < -0.4 is 0 Å². The first kappa shape index (κ1) is 19.0. The van der Waals surface area contributed by atoms with Gasteiger partial charge in [0.15, 0.2) is 0 Å². The average molecular weight is 375 g/mol. The molecule has 2 aromatic rings. The summed E-state index contributed by atoms with van der Waals surface area (Å²) in [5.74, 6) is 1.30. The Kier molecular flexibility index (Phi) is 5.41. The lowest BCUT2D eigenvalue weighted by Gasteiger charge is -2.35. The highest BCUT2D eigenvalue weighted by Gasteiger charge is 2.30. The molecule has 2 aliphatic carbocycles. The summed E-state index contributed by atoms with van der Waals surface area (Å²) in [6, 6.07) is 14.5. The van der Waals surface area contributed by atoms with E-state index in [1.807, 2.05) is 18.2 Å². The molecule has 0 amide bonds. The van der Waals surface area contributed by atoms with Crippen LogP contribution in [0.4, 0.5) is 0 Å². The van der Waals surface area contributed by atoms with Crippen molar-refractivity contribution < 1.29 is 10.2 Å². The molecular weight excluding hydrogens is 344 g/mol. The van der Waals surface area contributed by atoms with Gasteiger partial charge in [-0.15, -0.1) is 0 Å². The largest absolute Gasteiger partial charge is 0.508 e. The Bertz CT molecular complexity index is 922. The van der Waals surface area contributed by atoms with Gasteiger partial charge in [0.2, 0.25) is 0 Å². The molecule has 28 heavy (non-hydrogen) atoms. The lowest BCUT2D eigenvalue weighted by molar-refractivity contribution is 0.223. The summed E-state index contributed by atoms with van der Waals surface area (Å²) in [6.45, 7) is 4.31. The van der Waals surface area contributed by atoms with Crippen LogP contribution in [0.1, 0.15) is 54.4 Å². The lowest BCUT2D eigenvalue weighted by atomic mass is 9.70. The molecule has 3 atom stereocenters. The van der Waals surface area contributed by atoms with Gasteiger partial charge in [0.05, 0.1) is 6.10 Å². The molecule has 0 radical (unpaired) electrons. The molecule has 0 saturated carbocycles. The van der Waals surface area contributed by atoms with Crippen LogP contribution in [-0.4, -0.2) is 16.3 Å². The van der Waals surface area contributed by atoms with Crippen molar-refractivity contribution in [3.05, 3.63) is 88.0 Å². The minimum Gasteiger partial charge on any atom is -0.508 e. The van der Waals surface area contributed by atoms with Gasteiger partial charge in [0.1, 0.15) is 5.75 Å². The highest BCUT2D eigenvalue weighted by molar-refractivity contribution is 5.44. The molecule has 2 heteroatoms. The van der Waals surface area contributed by atoms with E-state index in [4.69, 9.17) is 0 Å². The quantitative estimate of drug-likeness (QED) is 0.729. The molecule has 0 fully saturated rings. The fraction of sp³-hybridized carbons (Fsp3) is 0.385. The Balaban J connectivity index is 1.60. The number of aryl methyl sites for hydroxylation is 2. The summed E-state index contributed by atoms with van der Waals surface area (Å²) in [4.78, 5) is 0. The van der Waals surface area contributed by atoms with Crippen LogP contribution in [0, 0.1) is 12.8 Å². The second-order valence-electron chi connectivity index (χ2n) is 8.49. The predicted molar refractivity (Wildman–Crippen MR) is 115 cm³/mol. The Morgan fingerprint density at radius 3 is 2.68 bits per heavy atom. The van der Waals surface area contributed by atoms with Gasteiger partial charge in [0.25, 0.3) is 0 Å². The van der Waals surface area contributed by atoms with Crippen molar-refractivity contribution in [3.8, 4) is 5.75 Å². The Labute approximate surface area is 168 Å². The average Bonchev–Trinajstić information content (AvgIpc) is 2.67. The van der Waals surface area contributed by atoms with Crippen molar-refractivity contribution >= 4 is 0 Å². The fourth-order valence-electron chi connectivity index (χ4n) is 5.05. The van der Waals surface area contributed by atoms with E-state index in [2.05, 4.69) is 50.3 Å². The Morgan fingerprint density at radius 1 is 1.07 bits per heavy atom. The van der Waals surface area contributed by atoms with Crippen molar-refractivity contribution in [2.24, 2.45) is 5.92 Å². The maximum Gasteiger partial charge on any atom is 0.115 e. The van der Waals surface area contributed by atoms with Gasteiger partial charge in [-0.1, -0.05) is 42.5 Å². The molecule has 146 valence electrons. The monoisotopic (exact) mass is 374 g/mol. The van der Waals surface area contributed by atoms with E-state index >= 15 is 0 Å². The van der Waals surface area contributed by atoms with Crippen LogP contribution in [0.15, 0.2) is 65.8 Å². The fourth-order valence-corrected chi connectivity index (χ4v) is 5.05. The van der Waals surface area contributed by atoms with Gasteiger partial charge in [0, 0.05) is 0 Å². The molecule has 4 rings (SSSR count). The topological polar surface area (TPSA) is 40.5 Å². The number of aliphatic hydroxyl groups excluding tert-OH is 1. The molecule has 0 heterocycles. The molecule has 2 aliphatic rings. The van der Waals surface area contributed by atoms with E-state index in [-0.39, 0.29) is 6.10 Å². The van der Waals surface area contributed by atoms with Crippen LogP contribution >= 0.6 is 0 Å². The summed E-state index contributed by atoms with van der Waals surface area (Å²) in [7, 11) is 0. The van der Waals surface area contributed by atoms with E-state index in [1.165, 1.54) is 33.4 Å². The summed E-state index contributed by atoms with van der Waals surface area (Å²) in [5.41, 5.74) is 8.09. The number of benzene rings is 2. The molecule has 0 bridgehead atoms. The second-order valence-corrected chi connectivity index (χ2v) is 8.49. The van der Waals surface area contributed by atoms with Crippen LogP contribution in [-0.2, 0) is 12.8 Å². The molecular formula is C26H30O2. The summed E-state index contributed by atoms with van der Waals surface area (Å²) < 4.78 is 0. The third kappa shape index (κ3) is 3.93. The second kappa shape index (κ2) is 7.97. The number of phenols is 1. The van der Waals surface area contributed by atoms with Crippen LogP contribution in [0.3, 0.4) is 0 Å². The van der Waals surface area contributed by atoms with Gasteiger partial charge < -0.3 is 10.2 Å². The third-order valence-corrected chi connectivity index (χ3v) is 6.54. The summed E-state index contributed by atoms with van der Waals surface area (Å²) in [5, 5.41) is 20.0. The minimum atomic E-state index is -0.339. The normalized spacial score (nSPS) is 24.3. The third-order valence-electron chi connectivity index (χ3n) is 6.54. The zero-order valence-corrected chi connectivity index (χ0v) is 16.9. The molecule has 0 aromatic heterocycles. The zero-order valence-electron chi connectivity index (χ0n) is 16.9. The van der Waals surface area contributed by atoms with Crippen LogP contribution in [0.2, 0.25) is 0 Å². The maximum atomic E-state index is 10.1. The predicted octanol–water partition coefficient (Wildman–Crippen LogP) is 5.62. The minimum absolute atomic E-state index is 0.339. The maximum absolute atomic E-state index is 10.1. The Morgan fingerprint density at radius 2 is 1.89 bits per heavy atom. The summed E-state index contributed by atoms with van der Waals surface area (Å²) >= 11 is 0. The number of phenolic OH excluding ortho intramolecular Hbond substituents is 1. The van der Waals surface area contributed by atoms with E-state index in [0.717, 1.165) is 32.1 Å². The molecule has 0 spiro atoms. The molecule has 0 aliphatic heterocycles. The van der Waals surface area contributed by atoms with E-state index < -0.39 is 0 Å². The SMILES string of the molecule is CC1=CC(O)CC=C1C1Cc2ccc(O)cc2C(CCc2ccccc2C)C1. The highest BCUT2D eigenvalue weighted by Crippen LogP contribution is 2.43. The van der Waals surface area contributed by atoms with Crippen LogP contribution in [0.5, 0.6) is 5.75 Å². The number of rotatable bonds is 4. The first-order chi connectivity index (χ1) is 13.5. The summed E-state index contributed by atoms with van der Waals surface area (Å²) in [6.07, 6.45) is 8.91. The van der Waals surface area contributed by atoms with Crippen LogP contribution in [0.25, 0.3) is 0 Å². The van der Waals surface area contributed by atoms with E-state index in [9.17, 15) is 10.2 Å². The van der Waals surface area contributed by atoms with E-state index in [1.54, 1.807) is 0 Å². The number of hydrogen-bond donors (Lipinski definition) is 2. The number of hydrogen-bond acceptors (Lipinski definition) is 2. The van der Waals surface area contributed by atoms with Gasteiger partial charge in [-0.2, -0.15) is 0 Å². The van der Waals surface area contributed by atoms with Gasteiger partial charge in [-0.05, 0) is 103 Å². The molecule has 0 saturated heterocycles. The number of aliphatic hydroxyl groups is 1. The van der Waals surface area contributed by atoms with Gasteiger partial charge in [-0.25, -0.2) is 0 Å². The van der Waals surface area contributed by atoms with Gasteiger partial charge >= 0.3 is 0 Å². The number of aromatic hydroxyl groups is 1. The molecule has 2 nitrogen and oxygen atoms in total. The van der Waals surface area contributed by atoms with Crippen molar-refractivity contribution in [1.82, 2.24) is 0 Å². The van der Waals surface area contributed by atoms with Crippen molar-refractivity contribution in [1.29, 1.82) is 0 Å². The first-order valence-electron chi connectivity index (χ1n) is 10.4. The standard InChI is InChI=1S/C26H30O2/c1-17-5-3-4-6-19(17)7-8-20-14-22(25-12-11-23(27)13-18(25)2)15-21-9-10-24(28)16-26(20)21/h3-6,9-10,12-13,16,20,22-23,27-28H,7-8,11,14-15H2,1-2H3. The smallest absolute Gasteiger partial charge is 0.115 e. The molecule has 3 unspecified atom stereocenters. The molecule has 2 N–H and O–H groups in total. The van der Waals surface area contributed by atoms with Gasteiger partial charge in [-0.3, -0.25) is 0 Å². The van der Waals surface area contributed by atoms with Crippen molar-refractivity contribution in [2.45, 2.75) is 58.0 Å². The lowest BCUT2D eigenvalue weighted by Crippen LogP contribution is -2.23. The Hall–Kier alpha value is -2.32. The molecule has 2 aromatic carbocycles. The van der Waals surface area contributed by atoms with Crippen molar-refractivity contribution in [2.75, 3.05) is 0 Å². The first-order valence-corrected chi connectivity index (χ1v) is 10.4. The number of allylic oxidation sites excluding steroid dienone is 2. The van der Waals surface area contributed by atoms with E-state index in [0.29, 0.717) is 17.6 Å². The zero-order chi connectivity index (χ0) is 19.7.